The Kier molecular flexibility index (Phi) is 4.18. The molecule has 0 aliphatic rings. The number of amides is 1. The van der Waals surface area contributed by atoms with Gasteiger partial charge in [-0.3, -0.25) is 4.79 Å². The molecule has 0 atom stereocenters. The van der Waals surface area contributed by atoms with Crippen LogP contribution in [0.1, 0.15) is 0 Å². The van der Waals surface area contributed by atoms with E-state index in [9.17, 15) is 9.59 Å². The molecule has 1 amide bonds. The third-order valence-electron chi connectivity index (χ3n) is 2.36. The zero-order chi connectivity index (χ0) is 14.4. The summed E-state index contributed by atoms with van der Waals surface area (Å²) in [5, 5.41) is 18.8. The van der Waals surface area contributed by atoms with Crippen LogP contribution < -0.4 is 5.32 Å². The number of nitrogens with zero attached hydrogens (tertiary/aromatic N) is 2. The highest BCUT2D eigenvalue weighted by Gasteiger charge is 2.10. The average molecular weight is 269 g/mol. The average Bonchev–Trinajstić information content (AvgIpc) is 2.47. The zero-order valence-electron chi connectivity index (χ0n) is 10.4. The van der Waals surface area contributed by atoms with Gasteiger partial charge >= 0.3 is 11.9 Å². The van der Waals surface area contributed by atoms with Crippen molar-refractivity contribution in [3.63, 3.8) is 0 Å². The van der Waals surface area contributed by atoms with Gasteiger partial charge in [-0.1, -0.05) is 18.2 Å². The number of benzene rings is 2. The van der Waals surface area contributed by atoms with Crippen molar-refractivity contribution in [2.24, 2.45) is 10.2 Å². The second kappa shape index (κ2) is 6.24. The fourth-order valence-corrected chi connectivity index (χ4v) is 1.41. The second-order valence-electron chi connectivity index (χ2n) is 3.84. The molecule has 2 N–H and O–H groups in total. The van der Waals surface area contributed by atoms with Crippen LogP contribution in [0.3, 0.4) is 0 Å². The predicted octanol–water partition coefficient (Wildman–Crippen LogP) is 3.13. The van der Waals surface area contributed by atoms with Gasteiger partial charge in [0.25, 0.3) is 0 Å². The van der Waals surface area contributed by atoms with E-state index >= 15 is 0 Å². The number of aliphatic carboxylic acids is 1. The van der Waals surface area contributed by atoms with Crippen molar-refractivity contribution in [2.45, 2.75) is 0 Å². The number of nitrogens with one attached hydrogen (secondary N) is 1. The lowest BCUT2D eigenvalue weighted by Crippen LogP contribution is -2.21. The fourth-order valence-electron chi connectivity index (χ4n) is 1.41. The van der Waals surface area contributed by atoms with Crippen LogP contribution in [0.15, 0.2) is 64.8 Å². The molecule has 100 valence electrons. The van der Waals surface area contributed by atoms with E-state index in [0.29, 0.717) is 11.4 Å². The molecule has 0 heterocycles. The van der Waals surface area contributed by atoms with Crippen LogP contribution >= 0.6 is 0 Å². The third kappa shape index (κ3) is 3.74. The number of rotatable bonds is 3. The molecule has 0 fully saturated rings. The van der Waals surface area contributed by atoms with E-state index < -0.39 is 11.9 Å². The van der Waals surface area contributed by atoms with Crippen LogP contribution in [0.4, 0.5) is 17.1 Å². The molecular weight excluding hydrogens is 258 g/mol. The van der Waals surface area contributed by atoms with Crippen LogP contribution in [0, 0.1) is 0 Å². The lowest BCUT2D eigenvalue weighted by molar-refractivity contribution is -0.147. The van der Waals surface area contributed by atoms with Gasteiger partial charge in [0.1, 0.15) is 0 Å². The first kappa shape index (κ1) is 13.4. The minimum absolute atomic E-state index is 0.385. The predicted molar refractivity (Wildman–Crippen MR) is 73.3 cm³/mol. The smallest absolute Gasteiger partial charge is 0.394 e. The van der Waals surface area contributed by atoms with Crippen molar-refractivity contribution in [2.75, 3.05) is 5.32 Å². The number of carbonyl (C=O) groups is 2. The highest BCUT2D eigenvalue weighted by molar-refractivity contribution is 6.36. The number of carbonyl (C=O) groups excluding carboxylic acids is 1. The van der Waals surface area contributed by atoms with Crippen LogP contribution in [0.5, 0.6) is 0 Å². The first-order chi connectivity index (χ1) is 9.65. The van der Waals surface area contributed by atoms with Crippen molar-refractivity contribution in [3.8, 4) is 0 Å². The van der Waals surface area contributed by atoms with Gasteiger partial charge < -0.3 is 10.4 Å². The topological polar surface area (TPSA) is 91.1 Å². The number of hydrogen-bond acceptors (Lipinski definition) is 4. The molecule has 0 aromatic heterocycles. The van der Waals surface area contributed by atoms with Crippen LogP contribution in [-0.4, -0.2) is 17.0 Å². The van der Waals surface area contributed by atoms with E-state index in [4.69, 9.17) is 5.11 Å². The molecule has 0 unspecified atom stereocenters. The summed E-state index contributed by atoms with van der Waals surface area (Å²) in [4.78, 5) is 21.3. The molecule has 0 aliphatic heterocycles. The summed E-state index contributed by atoms with van der Waals surface area (Å²) in [6.07, 6.45) is 0. The first-order valence-electron chi connectivity index (χ1n) is 5.76. The zero-order valence-corrected chi connectivity index (χ0v) is 10.4. The molecule has 20 heavy (non-hydrogen) atoms. The maximum atomic E-state index is 11.0. The quantitative estimate of drug-likeness (QED) is 0.662. The molecule has 0 saturated carbocycles. The van der Waals surface area contributed by atoms with E-state index in [1.807, 2.05) is 30.3 Å². The Morgan fingerprint density at radius 2 is 1.40 bits per heavy atom. The third-order valence-corrected chi connectivity index (χ3v) is 2.36. The second-order valence-corrected chi connectivity index (χ2v) is 3.84. The Morgan fingerprint density at radius 3 is 1.95 bits per heavy atom. The lowest BCUT2D eigenvalue weighted by atomic mass is 10.3. The van der Waals surface area contributed by atoms with Crippen molar-refractivity contribution in [3.05, 3.63) is 54.6 Å². The number of carboxylic acid groups (broad SMARTS) is 1. The monoisotopic (exact) mass is 269 g/mol. The van der Waals surface area contributed by atoms with Gasteiger partial charge in [-0.15, -0.1) is 0 Å². The van der Waals surface area contributed by atoms with Crippen LogP contribution in [0.2, 0.25) is 0 Å². The summed E-state index contributed by atoms with van der Waals surface area (Å²) in [5.74, 6) is -2.61. The number of carboxylic acids is 1. The molecule has 0 bridgehead atoms. The normalized spacial score (nSPS) is 10.4. The Bertz CT molecular complexity index is 636. The molecule has 0 aliphatic carbocycles. The van der Waals surface area contributed by atoms with Gasteiger partial charge in [0.2, 0.25) is 0 Å². The Balaban J connectivity index is 2.03. The van der Waals surface area contributed by atoms with Crippen molar-refractivity contribution in [1.82, 2.24) is 0 Å². The highest BCUT2D eigenvalue weighted by atomic mass is 16.4. The molecule has 6 nitrogen and oxygen atoms in total. The standard InChI is InChI=1S/C14H11N3O3/c18-13(14(19)20)15-10-6-8-12(9-7-10)17-16-11-4-2-1-3-5-11/h1-9H,(H,15,18)(H,19,20). The van der Waals surface area contributed by atoms with Crippen LogP contribution in [-0.2, 0) is 9.59 Å². The summed E-state index contributed by atoms with van der Waals surface area (Å²) in [5.41, 5.74) is 1.72. The molecular formula is C14H11N3O3. The van der Waals surface area contributed by atoms with E-state index in [2.05, 4.69) is 15.5 Å². The largest absolute Gasteiger partial charge is 0.474 e. The van der Waals surface area contributed by atoms with E-state index in [-0.39, 0.29) is 0 Å². The Morgan fingerprint density at radius 1 is 0.850 bits per heavy atom. The number of hydrogen-bond donors (Lipinski definition) is 2. The molecule has 0 saturated heterocycles. The molecule has 0 radical (unpaired) electrons. The van der Waals surface area contributed by atoms with Crippen molar-refractivity contribution in [1.29, 1.82) is 0 Å². The van der Waals surface area contributed by atoms with Gasteiger partial charge in [0, 0.05) is 5.69 Å². The van der Waals surface area contributed by atoms with Gasteiger partial charge in [0.15, 0.2) is 0 Å². The first-order valence-corrected chi connectivity index (χ1v) is 5.76. The van der Waals surface area contributed by atoms with Gasteiger partial charge in [-0.25, -0.2) is 4.79 Å². The number of azo groups is 1. The Labute approximate surface area is 114 Å². The summed E-state index contributed by atoms with van der Waals surface area (Å²) >= 11 is 0. The summed E-state index contributed by atoms with van der Waals surface area (Å²) in [6.45, 7) is 0. The SMILES string of the molecule is O=C(O)C(=O)Nc1ccc(N=Nc2ccccc2)cc1. The maximum absolute atomic E-state index is 11.0. The van der Waals surface area contributed by atoms with Crippen molar-refractivity contribution >= 4 is 28.9 Å². The Hall–Kier alpha value is -3.02. The fraction of sp³-hybridized carbons (Fsp3) is 0. The van der Waals surface area contributed by atoms with Gasteiger partial charge in [-0.2, -0.15) is 10.2 Å². The lowest BCUT2D eigenvalue weighted by Gasteiger charge is -2.01. The molecule has 2 rings (SSSR count). The minimum Gasteiger partial charge on any atom is -0.474 e. The highest BCUT2D eigenvalue weighted by Crippen LogP contribution is 2.19. The number of anilines is 1. The van der Waals surface area contributed by atoms with Gasteiger partial charge in [0.05, 0.1) is 11.4 Å². The molecule has 2 aromatic rings. The molecule has 6 heteroatoms. The maximum Gasteiger partial charge on any atom is 0.394 e. The van der Waals surface area contributed by atoms with Crippen molar-refractivity contribution < 1.29 is 14.7 Å². The summed E-state index contributed by atoms with van der Waals surface area (Å²) in [6, 6.07) is 15.6. The minimum atomic E-state index is -1.53. The van der Waals surface area contributed by atoms with Crippen LogP contribution in [0.25, 0.3) is 0 Å². The van der Waals surface area contributed by atoms with E-state index in [1.165, 1.54) is 0 Å². The molecule has 2 aromatic carbocycles. The van der Waals surface area contributed by atoms with E-state index in [0.717, 1.165) is 5.69 Å². The molecule has 0 spiro atoms. The van der Waals surface area contributed by atoms with E-state index in [1.54, 1.807) is 24.3 Å². The summed E-state index contributed by atoms with van der Waals surface area (Å²) < 4.78 is 0. The summed E-state index contributed by atoms with van der Waals surface area (Å²) in [7, 11) is 0. The van der Waals surface area contributed by atoms with Gasteiger partial charge in [-0.05, 0) is 36.4 Å².